The summed E-state index contributed by atoms with van der Waals surface area (Å²) in [5.41, 5.74) is 9.17. The van der Waals surface area contributed by atoms with Gasteiger partial charge in [-0.2, -0.15) is 0 Å². The first-order valence-electron chi connectivity index (χ1n) is 28.9. The number of aliphatic carboxylic acids is 1. The van der Waals surface area contributed by atoms with Crippen molar-refractivity contribution in [3.05, 3.63) is 131 Å². The Hall–Kier alpha value is -8.16. The highest BCUT2D eigenvalue weighted by molar-refractivity contribution is 5.96. The lowest BCUT2D eigenvalue weighted by atomic mass is 9.85. The first-order chi connectivity index (χ1) is 40.0. The summed E-state index contributed by atoms with van der Waals surface area (Å²) in [5, 5.41) is 20.8. The van der Waals surface area contributed by atoms with Crippen molar-refractivity contribution in [3.8, 4) is 22.3 Å². The van der Waals surface area contributed by atoms with Crippen LogP contribution in [0.2, 0.25) is 0 Å². The first kappa shape index (κ1) is 56.7. The number of nitrogens with zero attached hydrogens (tertiary/aromatic N) is 8. The van der Waals surface area contributed by atoms with E-state index in [0.717, 1.165) is 124 Å². The highest BCUT2D eigenvalue weighted by Gasteiger charge is 2.40. The number of piperidine rings is 2. The van der Waals surface area contributed by atoms with E-state index in [1.165, 1.54) is 12.1 Å². The second-order valence-corrected chi connectivity index (χ2v) is 22.7. The molecule has 0 radical (unpaired) electrons. The molecule has 0 bridgehead atoms. The third-order valence-electron chi connectivity index (χ3n) is 17.3. The van der Waals surface area contributed by atoms with Crippen molar-refractivity contribution in [2.24, 2.45) is 11.8 Å². The topological polar surface area (TPSA) is 195 Å². The number of hydrogen-bond acceptors (Lipinski definition) is 10. The van der Waals surface area contributed by atoms with Gasteiger partial charge in [0, 0.05) is 72.0 Å². The number of anilines is 2. The number of imidazole rings is 2. The molecule has 2 N–H and O–H groups in total. The summed E-state index contributed by atoms with van der Waals surface area (Å²) in [6, 6.07) is 18.4. The zero-order chi connectivity index (χ0) is 58.4. The van der Waals surface area contributed by atoms with Crippen molar-refractivity contribution < 1.29 is 50.9 Å². The lowest BCUT2D eigenvalue weighted by molar-refractivity contribution is -0.143. The van der Waals surface area contributed by atoms with Crippen molar-refractivity contribution in [1.82, 2.24) is 34.7 Å². The summed E-state index contributed by atoms with van der Waals surface area (Å²) in [7, 11) is 0. The second-order valence-electron chi connectivity index (χ2n) is 22.7. The number of rotatable bonds is 12. The van der Waals surface area contributed by atoms with Crippen LogP contribution >= 0.6 is 0 Å². The van der Waals surface area contributed by atoms with Crippen LogP contribution in [0.5, 0.6) is 0 Å². The van der Waals surface area contributed by atoms with Gasteiger partial charge in [0.1, 0.15) is 23.2 Å². The zero-order valence-electron chi connectivity index (χ0n) is 47.2. The van der Waals surface area contributed by atoms with E-state index < -0.39 is 41.3 Å². The van der Waals surface area contributed by atoms with Crippen molar-refractivity contribution in [3.63, 3.8) is 0 Å². The molecule has 4 aliphatic rings. The zero-order valence-corrected chi connectivity index (χ0v) is 47.2. The lowest BCUT2D eigenvalue weighted by Crippen LogP contribution is -2.40. The fraction of sp³-hybridized carbons (Fsp3) is 0.429. The van der Waals surface area contributed by atoms with Gasteiger partial charge < -0.3 is 38.4 Å². The Morgan fingerprint density at radius 2 is 1.01 bits per heavy atom. The van der Waals surface area contributed by atoms with Gasteiger partial charge in [0.05, 0.1) is 51.5 Å². The molecule has 12 rings (SSSR count). The Labute approximate surface area is 477 Å². The number of carboxylic acid groups (broad SMARTS) is 1. The van der Waals surface area contributed by atoms with Crippen LogP contribution in [0.25, 0.3) is 44.3 Å². The number of carboxylic acids is 1. The molecule has 8 aromatic rings. The van der Waals surface area contributed by atoms with Gasteiger partial charge in [-0.15, -0.1) is 0 Å². The monoisotopic (exact) mass is 1140 g/mol. The molecule has 4 aromatic carbocycles. The number of carbonyl (C=O) groups is 4. The van der Waals surface area contributed by atoms with Crippen LogP contribution in [0.3, 0.4) is 0 Å². The Bertz CT molecular complexity index is 3740. The average molecular weight is 1140 g/mol. The molecule has 2 aliphatic heterocycles. The fourth-order valence-corrected chi connectivity index (χ4v) is 13.3. The van der Waals surface area contributed by atoms with E-state index in [9.17, 15) is 41.8 Å². The molecular formula is C63H67F4N9O7. The van der Waals surface area contributed by atoms with Crippen LogP contribution in [-0.2, 0) is 19.2 Å². The normalized spacial score (nSPS) is 21.4. The molecule has 434 valence electrons. The molecule has 2 atom stereocenters. The van der Waals surface area contributed by atoms with Gasteiger partial charge >= 0.3 is 5.97 Å². The summed E-state index contributed by atoms with van der Waals surface area (Å²) in [5.74, 6) is -2.51. The molecule has 0 spiro atoms. The van der Waals surface area contributed by atoms with Crippen molar-refractivity contribution in [2.75, 3.05) is 16.3 Å². The maximum atomic E-state index is 14.4. The standard InChI is InChI=1S/C33H37F2N5O3.C30H30F2N4O4/c1-4-16-36-33(42)21-8-11-23(12-9-21)40-28-15-10-22(31-19(2)38-43-20(31)3)17-27(28)37-32(40)29-6-5-7-30(41)39(29)24-13-14-25(34)26(35)18-24;1-16-28(17(2)40-34-16)19-8-13-25-24(14-19)33-29(36(25)20-9-6-18(7-10-20)30(38)39)26-4-3-5-27(37)35(26)21-11-12-22(31)23(32)15-21/h10,13-15,17-18,21,23,29H,4-9,11-12,16H2,1-3H3,(H,36,42);8,11-15,18,20,26H,3-7,9-10H2,1-2H3,(H,38,39)/t21?,23?,29-;18?,20?,26-/m00/s1. The van der Waals surface area contributed by atoms with Crippen molar-refractivity contribution >= 4 is 57.1 Å². The number of halogens is 4. The molecule has 20 heteroatoms. The molecule has 2 saturated heterocycles. The molecule has 0 unspecified atom stereocenters. The lowest BCUT2D eigenvalue weighted by Gasteiger charge is -2.37. The van der Waals surface area contributed by atoms with Crippen LogP contribution in [0.1, 0.15) is 162 Å². The SMILES string of the molecule is CCCNC(=O)C1CCC(n2c([C@@H]3CCCC(=O)N3c3ccc(F)c(F)c3)nc3cc(-c4c(C)noc4C)ccc32)CC1.Cc1noc(C)c1-c1ccc2c(c1)nc([C@@H]1CCCC(=O)N1c1ccc(F)c(F)c1)n2C1CCC(C(=O)O)CC1. The summed E-state index contributed by atoms with van der Waals surface area (Å²) >= 11 is 0. The number of amides is 3. The highest BCUT2D eigenvalue weighted by Crippen LogP contribution is 2.45. The second kappa shape index (κ2) is 23.6. The Morgan fingerprint density at radius 3 is 1.40 bits per heavy atom. The summed E-state index contributed by atoms with van der Waals surface area (Å²) in [6.45, 7) is 10.2. The quantitative estimate of drug-likeness (QED) is 0.111. The van der Waals surface area contributed by atoms with Crippen LogP contribution in [0.15, 0.2) is 81.8 Å². The van der Waals surface area contributed by atoms with Crippen molar-refractivity contribution in [2.45, 2.75) is 155 Å². The minimum atomic E-state index is -1.01. The third-order valence-corrected chi connectivity index (χ3v) is 17.3. The van der Waals surface area contributed by atoms with Gasteiger partial charge in [-0.1, -0.05) is 29.4 Å². The van der Waals surface area contributed by atoms with E-state index in [1.807, 2.05) is 65.0 Å². The summed E-state index contributed by atoms with van der Waals surface area (Å²) < 4.78 is 71.5. The number of hydrogen-bond donors (Lipinski definition) is 2. The van der Waals surface area contributed by atoms with Gasteiger partial charge in [-0.05, 0) is 171 Å². The minimum absolute atomic E-state index is 0.00986. The molecular weight excluding hydrogens is 1070 g/mol. The first-order valence-corrected chi connectivity index (χ1v) is 28.9. The molecule has 4 aromatic heterocycles. The number of benzene rings is 4. The van der Waals surface area contributed by atoms with E-state index in [2.05, 4.69) is 30.8 Å². The molecule has 2 aliphatic carbocycles. The van der Waals surface area contributed by atoms with Crippen LogP contribution < -0.4 is 15.1 Å². The van der Waals surface area contributed by atoms with E-state index in [0.29, 0.717) is 93.7 Å². The number of aromatic nitrogens is 6. The molecule has 4 fully saturated rings. The largest absolute Gasteiger partial charge is 0.481 e. The number of carbonyl (C=O) groups excluding carboxylic acids is 3. The van der Waals surface area contributed by atoms with Gasteiger partial charge in [0.25, 0.3) is 0 Å². The third kappa shape index (κ3) is 11.0. The molecule has 2 saturated carbocycles. The van der Waals surface area contributed by atoms with Gasteiger partial charge in [0.15, 0.2) is 23.3 Å². The Morgan fingerprint density at radius 1 is 0.578 bits per heavy atom. The Balaban J connectivity index is 0.000000174. The molecule has 6 heterocycles. The summed E-state index contributed by atoms with van der Waals surface area (Å²) in [4.78, 5) is 64.4. The number of fused-ring (bicyclic) bond motifs is 2. The van der Waals surface area contributed by atoms with Crippen molar-refractivity contribution in [1.29, 1.82) is 0 Å². The predicted octanol–water partition coefficient (Wildman–Crippen LogP) is 13.8. The number of nitrogens with one attached hydrogen (secondary N) is 1. The minimum Gasteiger partial charge on any atom is -0.481 e. The Kier molecular flexibility index (Phi) is 16.1. The van der Waals surface area contributed by atoms with E-state index in [4.69, 9.17) is 19.0 Å². The van der Waals surface area contributed by atoms with E-state index in [-0.39, 0.29) is 41.6 Å². The van der Waals surface area contributed by atoms with E-state index in [1.54, 1.807) is 9.80 Å². The summed E-state index contributed by atoms with van der Waals surface area (Å²) in [6.07, 6.45) is 9.59. The molecule has 16 nitrogen and oxygen atoms in total. The molecule has 83 heavy (non-hydrogen) atoms. The van der Waals surface area contributed by atoms with E-state index >= 15 is 0 Å². The van der Waals surface area contributed by atoms with Crippen LogP contribution in [0.4, 0.5) is 28.9 Å². The molecule has 3 amide bonds. The highest BCUT2D eigenvalue weighted by atomic mass is 19.2. The van der Waals surface area contributed by atoms with Gasteiger partial charge in [0.2, 0.25) is 17.7 Å². The number of aryl methyl sites for hydroxylation is 4. The fourth-order valence-electron chi connectivity index (χ4n) is 13.3. The predicted molar refractivity (Wildman–Crippen MR) is 303 cm³/mol. The smallest absolute Gasteiger partial charge is 0.306 e. The van der Waals surface area contributed by atoms with Gasteiger partial charge in [-0.3, -0.25) is 19.2 Å². The van der Waals surface area contributed by atoms with Gasteiger partial charge in [-0.25, -0.2) is 27.5 Å². The maximum absolute atomic E-state index is 14.4. The van der Waals surface area contributed by atoms with Crippen LogP contribution in [0, 0.1) is 62.8 Å². The van der Waals surface area contributed by atoms with Crippen LogP contribution in [-0.4, -0.2) is 64.8 Å². The maximum Gasteiger partial charge on any atom is 0.306 e. The average Bonchev–Trinajstić information content (AvgIpc) is 3.33.